The fraction of sp³-hybridized carbons (Fsp3) is 0.333. The summed E-state index contributed by atoms with van der Waals surface area (Å²) in [6.45, 7) is 1.83. The third kappa shape index (κ3) is 2.50. The number of carbonyl (C=O) groups is 1. The number of nitrogens with zero attached hydrogens (tertiary/aromatic N) is 1. The largest absolute Gasteiger partial charge is 0.316 e. The van der Waals surface area contributed by atoms with Gasteiger partial charge in [0.05, 0.1) is 10.8 Å². The monoisotopic (exact) mass is 226 g/mol. The third-order valence-corrected chi connectivity index (χ3v) is 3.50. The Bertz CT molecular complexity index is 367. The molecule has 14 heavy (non-hydrogen) atoms. The van der Waals surface area contributed by atoms with E-state index >= 15 is 0 Å². The SMILES string of the molecule is CS[C@@H](C)C(=O)Nc1sccc1C#N. The van der Waals surface area contributed by atoms with Crippen LogP contribution in [0, 0.1) is 11.3 Å². The highest BCUT2D eigenvalue weighted by molar-refractivity contribution is 7.99. The Hall–Kier alpha value is -0.990. The second kappa shape index (κ2) is 5.03. The number of hydrogen-bond acceptors (Lipinski definition) is 4. The molecule has 0 fully saturated rings. The minimum atomic E-state index is -0.0938. The maximum atomic E-state index is 11.5. The number of hydrogen-bond donors (Lipinski definition) is 1. The summed E-state index contributed by atoms with van der Waals surface area (Å²) < 4.78 is 0. The van der Waals surface area contributed by atoms with E-state index in [0.29, 0.717) is 10.6 Å². The fourth-order valence-corrected chi connectivity index (χ4v) is 1.83. The minimum Gasteiger partial charge on any atom is -0.316 e. The molecule has 0 aliphatic rings. The summed E-state index contributed by atoms with van der Waals surface area (Å²) in [5, 5.41) is 13.8. The quantitative estimate of drug-likeness (QED) is 0.860. The smallest absolute Gasteiger partial charge is 0.237 e. The first kappa shape index (κ1) is 11.1. The highest BCUT2D eigenvalue weighted by Gasteiger charge is 2.13. The molecule has 3 nitrogen and oxygen atoms in total. The van der Waals surface area contributed by atoms with Gasteiger partial charge in [0.2, 0.25) is 5.91 Å². The van der Waals surface area contributed by atoms with Crippen LogP contribution in [0.15, 0.2) is 11.4 Å². The van der Waals surface area contributed by atoms with Crippen molar-refractivity contribution in [2.45, 2.75) is 12.2 Å². The van der Waals surface area contributed by atoms with E-state index in [1.54, 1.807) is 11.4 Å². The van der Waals surface area contributed by atoms with E-state index in [2.05, 4.69) is 5.32 Å². The van der Waals surface area contributed by atoms with E-state index in [0.717, 1.165) is 0 Å². The second-order valence-corrected chi connectivity index (χ2v) is 4.74. The average molecular weight is 226 g/mol. The Morgan fingerprint density at radius 2 is 2.50 bits per heavy atom. The molecule has 0 saturated heterocycles. The van der Waals surface area contributed by atoms with Crippen LogP contribution in [0.5, 0.6) is 0 Å². The molecule has 0 radical (unpaired) electrons. The van der Waals surface area contributed by atoms with Crippen LogP contribution >= 0.6 is 23.1 Å². The lowest BCUT2D eigenvalue weighted by molar-refractivity contribution is -0.115. The number of anilines is 1. The Morgan fingerprint density at radius 1 is 1.79 bits per heavy atom. The molecule has 1 aromatic rings. The van der Waals surface area contributed by atoms with E-state index in [9.17, 15) is 4.79 Å². The summed E-state index contributed by atoms with van der Waals surface area (Å²) >= 11 is 2.84. The van der Waals surface area contributed by atoms with Gasteiger partial charge in [-0.2, -0.15) is 17.0 Å². The zero-order chi connectivity index (χ0) is 10.6. The molecule has 0 aliphatic heterocycles. The number of carbonyl (C=O) groups excluding carboxylic acids is 1. The van der Waals surface area contributed by atoms with Gasteiger partial charge in [-0.05, 0) is 24.6 Å². The number of nitrogens with one attached hydrogen (secondary N) is 1. The van der Waals surface area contributed by atoms with E-state index in [1.807, 2.05) is 19.2 Å². The minimum absolute atomic E-state index is 0.0588. The standard InChI is InChI=1S/C9H10N2OS2/c1-6(13-2)8(12)11-9-7(5-10)3-4-14-9/h3-4,6H,1-2H3,(H,11,12)/t6-/m0/s1. The van der Waals surface area contributed by atoms with Gasteiger partial charge in [0.25, 0.3) is 0 Å². The Kier molecular flexibility index (Phi) is 3.98. The van der Waals surface area contributed by atoms with Crippen molar-refractivity contribution >= 4 is 34.0 Å². The number of amides is 1. The van der Waals surface area contributed by atoms with Gasteiger partial charge in [0.15, 0.2) is 0 Å². The van der Waals surface area contributed by atoms with Gasteiger partial charge in [-0.1, -0.05) is 0 Å². The van der Waals surface area contributed by atoms with E-state index < -0.39 is 0 Å². The van der Waals surface area contributed by atoms with Gasteiger partial charge < -0.3 is 5.32 Å². The van der Waals surface area contributed by atoms with Crippen LogP contribution in [0.1, 0.15) is 12.5 Å². The molecule has 1 heterocycles. The average Bonchev–Trinajstić information content (AvgIpc) is 2.63. The van der Waals surface area contributed by atoms with Crippen LogP contribution in [0.25, 0.3) is 0 Å². The van der Waals surface area contributed by atoms with Crippen LogP contribution in [0.2, 0.25) is 0 Å². The Morgan fingerprint density at radius 3 is 3.07 bits per heavy atom. The summed E-state index contributed by atoms with van der Waals surface area (Å²) in [5.41, 5.74) is 0.525. The van der Waals surface area contributed by atoms with Gasteiger partial charge in [0.1, 0.15) is 11.1 Å². The molecule has 0 unspecified atom stereocenters. The molecule has 74 valence electrons. The predicted octanol–water partition coefficient (Wildman–Crippen LogP) is 2.31. The van der Waals surface area contributed by atoms with Gasteiger partial charge in [-0.15, -0.1) is 11.3 Å². The number of thiophene rings is 1. The summed E-state index contributed by atoms with van der Waals surface area (Å²) in [6.07, 6.45) is 1.88. The first-order valence-electron chi connectivity index (χ1n) is 4.00. The molecule has 1 aromatic heterocycles. The highest BCUT2D eigenvalue weighted by atomic mass is 32.2. The molecule has 0 aromatic carbocycles. The van der Waals surface area contributed by atoms with E-state index in [4.69, 9.17) is 5.26 Å². The number of thioether (sulfide) groups is 1. The van der Waals surface area contributed by atoms with Crippen LogP contribution < -0.4 is 5.32 Å². The lowest BCUT2D eigenvalue weighted by Crippen LogP contribution is -2.21. The van der Waals surface area contributed by atoms with Crippen molar-refractivity contribution in [2.75, 3.05) is 11.6 Å². The number of rotatable bonds is 3. The molecule has 1 amide bonds. The maximum absolute atomic E-state index is 11.5. The highest BCUT2D eigenvalue weighted by Crippen LogP contribution is 2.23. The molecule has 0 spiro atoms. The molecule has 0 aliphatic carbocycles. The molecule has 1 rings (SSSR count). The lowest BCUT2D eigenvalue weighted by atomic mass is 10.3. The van der Waals surface area contributed by atoms with Crippen LogP contribution in [-0.4, -0.2) is 17.4 Å². The van der Waals surface area contributed by atoms with E-state index in [1.165, 1.54) is 23.1 Å². The van der Waals surface area contributed by atoms with E-state index in [-0.39, 0.29) is 11.2 Å². The molecule has 1 atom stereocenters. The van der Waals surface area contributed by atoms with Gasteiger partial charge in [-0.25, -0.2) is 0 Å². The third-order valence-electron chi connectivity index (χ3n) is 1.75. The van der Waals surface area contributed by atoms with Gasteiger partial charge in [-0.3, -0.25) is 4.79 Å². The maximum Gasteiger partial charge on any atom is 0.237 e. The first-order chi connectivity index (χ1) is 6.69. The van der Waals surface area contributed by atoms with Gasteiger partial charge >= 0.3 is 0 Å². The summed E-state index contributed by atoms with van der Waals surface area (Å²) in [6, 6.07) is 3.73. The molecule has 0 saturated carbocycles. The molecule has 5 heteroatoms. The van der Waals surface area contributed by atoms with Crippen LogP contribution in [0.4, 0.5) is 5.00 Å². The van der Waals surface area contributed by atoms with Crippen molar-refractivity contribution < 1.29 is 4.79 Å². The number of nitriles is 1. The molecular formula is C9H10N2OS2. The zero-order valence-electron chi connectivity index (χ0n) is 7.90. The van der Waals surface area contributed by atoms with Crippen LogP contribution in [-0.2, 0) is 4.79 Å². The molecule has 1 N–H and O–H groups in total. The first-order valence-corrected chi connectivity index (χ1v) is 6.17. The predicted molar refractivity (Wildman–Crippen MR) is 60.6 cm³/mol. The van der Waals surface area contributed by atoms with Crippen molar-refractivity contribution in [3.8, 4) is 6.07 Å². The second-order valence-electron chi connectivity index (χ2n) is 2.64. The molecule has 0 bridgehead atoms. The summed E-state index contributed by atoms with van der Waals surface area (Å²) in [7, 11) is 0. The molecular weight excluding hydrogens is 216 g/mol. The Labute approximate surface area is 91.1 Å². The van der Waals surface area contributed by atoms with Crippen LogP contribution in [0.3, 0.4) is 0 Å². The Balaban J connectivity index is 2.70. The fourth-order valence-electron chi connectivity index (χ4n) is 0.815. The van der Waals surface area contributed by atoms with Crippen molar-refractivity contribution in [3.63, 3.8) is 0 Å². The topological polar surface area (TPSA) is 52.9 Å². The van der Waals surface area contributed by atoms with Crippen molar-refractivity contribution in [3.05, 3.63) is 17.0 Å². The van der Waals surface area contributed by atoms with Crippen molar-refractivity contribution in [1.82, 2.24) is 0 Å². The summed E-state index contributed by atoms with van der Waals surface area (Å²) in [5.74, 6) is -0.0588. The van der Waals surface area contributed by atoms with Gasteiger partial charge in [0, 0.05) is 0 Å². The van der Waals surface area contributed by atoms with Crippen molar-refractivity contribution in [1.29, 1.82) is 5.26 Å². The lowest BCUT2D eigenvalue weighted by Gasteiger charge is -2.07. The van der Waals surface area contributed by atoms with Crippen molar-refractivity contribution in [2.24, 2.45) is 0 Å². The summed E-state index contributed by atoms with van der Waals surface area (Å²) in [4.78, 5) is 11.5. The zero-order valence-corrected chi connectivity index (χ0v) is 9.54. The normalized spacial score (nSPS) is 11.8.